The van der Waals surface area contributed by atoms with E-state index < -0.39 is 0 Å². The van der Waals surface area contributed by atoms with Gasteiger partial charge in [-0.25, -0.2) is 4.98 Å². The smallest absolute Gasteiger partial charge is 0.250 e. The zero-order valence-corrected chi connectivity index (χ0v) is 26.2. The molecule has 0 spiro atoms. The van der Waals surface area contributed by atoms with Gasteiger partial charge in [-0.1, -0.05) is 81.7 Å². The molecule has 3 aromatic heterocycles. The highest BCUT2D eigenvalue weighted by atomic mass is 79.9. The normalized spacial score (nSPS) is 11.7. The lowest BCUT2D eigenvalue weighted by Crippen LogP contribution is -2.04. The zero-order valence-electron chi connectivity index (χ0n) is 23.0. The average molecular weight is 619 g/mol. The van der Waals surface area contributed by atoms with E-state index in [1.807, 2.05) is 12.1 Å². The molecule has 5 aromatic rings. The van der Waals surface area contributed by atoms with Gasteiger partial charge in [0.2, 0.25) is 5.88 Å². The maximum atomic E-state index is 6.57. The molecule has 0 aliphatic rings. The fraction of sp³-hybridized carbons (Fsp3) is 0.281. The summed E-state index contributed by atoms with van der Waals surface area (Å²) < 4.78 is 8.55. The topological polar surface area (TPSA) is 47.9 Å². The highest BCUT2D eigenvalue weighted by Gasteiger charge is 2.22. The van der Waals surface area contributed by atoms with E-state index in [1.165, 1.54) is 33.6 Å². The minimum absolute atomic E-state index is 0.371. The molecule has 0 saturated carbocycles. The summed E-state index contributed by atoms with van der Waals surface area (Å²) in [5.41, 5.74) is 7.98. The van der Waals surface area contributed by atoms with Crippen LogP contribution in [0.2, 0.25) is 0 Å². The Balaban J connectivity index is 1.63. The number of fused-ring (bicyclic) bond motifs is 1. The Morgan fingerprint density at radius 1 is 0.795 bits per heavy atom. The van der Waals surface area contributed by atoms with Crippen molar-refractivity contribution < 1.29 is 4.18 Å². The lowest BCUT2D eigenvalue weighted by Gasteiger charge is -2.21. The van der Waals surface area contributed by atoms with Crippen LogP contribution in [0.25, 0.3) is 32.7 Å². The SMILES string of the molecule is CC(C)c1cc(C(C)C)c(SOc2nc(-c3ccncc3)nc3c(-c4ccc(Br)cc4)csc23)c(C(C)C)c1. The second-order valence-electron chi connectivity index (χ2n) is 10.6. The lowest BCUT2D eigenvalue weighted by atomic mass is 9.89. The quantitative estimate of drug-likeness (QED) is 0.162. The maximum Gasteiger partial charge on any atom is 0.250 e. The molecular formula is C32H32BrN3OS2. The fourth-order valence-corrected chi connectivity index (χ4v) is 6.80. The van der Waals surface area contributed by atoms with Gasteiger partial charge in [-0.3, -0.25) is 4.98 Å². The third kappa shape index (κ3) is 5.91. The molecule has 0 bridgehead atoms. The number of nitrogens with zero attached hydrogens (tertiary/aromatic N) is 3. The minimum Gasteiger partial charge on any atom is -0.399 e. The molecule has 7 heteroatoms. The van der Waals surface area contributed by atoms with Crippen LogP contribution >= 0.6 is 39.3 Å². The van der Waals surface area contributed by atoms with E-state index in [9.17, 15) is 0 Å². The van der Waals surface area contributed by atoms with Crippen molar-refractivity contribution in [1.29, 1.82) is 0 Å². The van der Waals surface area contributed by atoms with Crippen LogP contribution < -0.4 is 4.18 Å². The fourth-order valence-electron chi connectivity index (χ4n) is 4.48. The van der Waals surface area contributed by atoms with Crippen LogP contribution in [-0.2, 0) is 0 Å². The Morgan fingerprint density at radius 2 is 1.44 bits per heavy atom. The van der Waals surface area contributed by atoms with Crippen molar-refractivity contribution in [2.45, 2.75) is 64.2 Å². The van der Waals surface area contributed by atoms with Crippen LogP contribution in [0.3, 0.4) is 0 Å². The summed E-state index contributed by atoms with van der Waals surface area (Å²) >= 11 is 6.59. The number of hydrogen-bond donors (Lipinski definition) is 0. The number of benzene rings is 2. The van der Waals surface area contributed by atoms with Gasteiger partial charge in [-0.2, -0.15) is 4.98 Å². The minimum atomic E-state index is 0.371. The molecule has 5 rings (SSSR count). The molecule has 0 radical (unpaired) electrons. The Hall–Kier alpha value is -2.74. The number of aromatic nitrogens is 3. The lowest BCUT2D eigenvalue weighted by molar-refractivity contribution is 0.621. The predicted molar refractivity (Wildman–Crippen MR) is 169 cm³/mol. The first-order valence-corrected chi connectivity index (χ1v) is 15.6. The predicted octanol–water partition coefficient (Wildman–Crippen LogP) is 10.6. The standard InChI is InChI=1S/C32H32BrN3OS2/c1-18(2)23-15-25(19(3)4)29(26(16-23)20(5)6)39-37-32-30-28(35-31(36-32)22-11-13-34-14-12-22)27(17-38-30)21-7-9-24(33)10-8-21/h7-20H,1-6H3. The molecule has 0 amide bonds. The van der Waals surface area contributed by atoms with E-state index >= 15 is 0 Å². The van der Waals surface area contributed by atoms with E-state index in [0.29, 0.717) is 29.5 Å². The van der Waals surface area contributed by atoms with Gasteiger partial charge in [0.05, 0.1) is 22.5 Å². The largest absolute Gasteiger partial charge is 0.399 e. The Morgan fingerprint density at radius 3 is 2.03 bits per heavy atom. The number of thiophene rings is 1. The van der Waals surface area contributed by atoms with Crippen LogP contribution in [0.5, 0.6) is 5.88 Å². The summed E-state index contributed by atoms with van der Waals surface area (Å²) in [5, 5.41) is 2.15. The van der Waals surface area contributed by atoms with Gasteiger partial charge in [-0.15, -0.1) is 11.3 Å². The van der Waals surface area contributed by atoms with Gasteiger partial charge in [0.15, 0.2) is 5.82 Å². The summed E-state index contributed by atoms with van der Waals surface area (Å²) in [7, 11) is 0. The molecule has 0 aliphatic carbocycles. The van der Waals surface area contributed by atoms with Crippen molar-refractivity contribution in [2.75, 3.05) is 0 Å². The summed E-state index contributed by atoms with van der Waals surface area (Å²) in [6.07, 6.45) is 3.53. The second kappa shape index (κ2) is 11.8. The van der Waals surface area contributed by atoms with Gasteiger partial charge in [-0.05, 0) is 64.3 Å². The van der Waals surface area contributed by atoms with Gasteiger partial charge in [0, 0.05) is 33.4 Å². The average Bonchev–Trinajstić information content (AvgIpc) is 3.36. The van der Waals surface area contributed by atoms with Crippen molar-refractivity contribution in [3.8, 4) is 28.4 Å². The summed E-state index contributed by atoms with van der Waals surface area (Å²) in [5.74, 6) is 2.42. The van der Waals surface area contributed by atoms with Crippen molar-refractivity contribution in [1.82, 2.24) is 15.0 Å². The van der Waals surface area contributed by atoms with Gasteiger partial charge >= 0.3 is 0 Å². The molecule has 0 aliphatic heterocycles. The Labute approximate surface area is 247 Å². The molecule has 0 unspecified atom stereocenters. The maximum absolute atomic E-state index is 6.57. The monoisotopic (exact) mass is 617 g/mol. The summed E-state index contributed by atoms with van der Waals surface area (Å²) in [6.45, 7) is 13.5. The number of halogens is 1. The zero-order chi connectivity index (χ0) is 27.7. The Kier molecular flexibility index (Phi) is 8.40. The molecule has 3 heterocycles. The van der Waals surface area contributed by atoms with E-state index in [0.717, 1.165) is 31.4 Å². The molecular weight excluding hydrogens is 586 g/mol. The molecule has 0 fully saturated rings. The van der Waals surface area contributed by atoms with Crippen molar-refractivity contribution >= 4 is 49.5 Å². The van der Waals surface area contributed by atoms with E-state index in [2.05, 4.69) is 104 Å². The molecule has 39 heavy (non-hydrogen) atoms. The highest BCUT2D eigenvalue weighted by molar-refractivity contribution is 9.10. The van der Waals surface area contributed by atoms with Crippen molar-refractivity contribution in [3.05, 3.63) is 87.5 Å². The number of pyridine rings is 1. The third-order valence-electron chi connectivity index (χ3n) is 6.76. The Bertz CT molecular complexity index is 1570. The number of hydrogen-bond acceptors (Lipinski definition) is 6. The van der Waals surface area contributed by atoms with Crippen molar-refractivity contribution in [2.24, 2.45) is 0 Å². The summed E-state index contributed by atoms with van der Waals surface area (Å²) in [4.78, 5) is 15.3. The van der Waals surface area contributed by atoms with Crippen LogP contribution in [0.1, 0.15) is 76.0 Å². The summed E-state index contributed by atoms with van der Waals surface area (Å²) in [6, 6.07) is 16.9. The first-order chi connectivity index (χ1) is 18.7. The molecule has 0 saturated heterocycles. The van der Waals surface area contributed by atoms with E-state index in [4.69, 9.17) is 14.2 Å². The molecule has 0 atom stereocenters. The van der Waals surface area contributed by atoms with Crippen LogP contribution in [0.4, 0.5) is 0 Å². The van der Waals surface area contributed by atoms with Gasteiger partial charge < -0.3 is 4.18 Å². The number of rotatable bonds is 8. The van der Waals surface area contributed by atoms with Crippen LogP contribution in [0, 0.1) is 0 Å². The third-order valence-corrected chi connectivity index (χ3v) is 9.13. The molecule has 4 nitrogen and oxygen atoms in total. The van der Waals surface area contributed by atoms with Crippen LogP contribution in [0.15, 0.2) is 75.7 Å². The van der Waals surface area contributed by atoms with Gasteiger partial charge in [0.1, 0.15) is 4.70 Å². The van der Waals surface area contributed by atoms with E-state index in [1.54, 1.807) is 23.7 Å². The first kappa shape index (κ1) is 27.8. The highest BCUT2D eigenvalue weighted by Crippen LogP contribution is 2.43. The first-order valence-electron chi connectivity index (χ1n) is 13.2. The van der Waals surface area contributed by atoms with Crippen LogP contribution in [-0.4, -0.2) is 15.0 Å². The molecule has 0 N–H and O–H groups in total. The second-order valence-corrected chi connectivity index (χ2v) is 13.1. The van der Waals surface area contributed by atoms with Gasteiger partial charge in [0.25, 0.3) is 0 Å². The van der Waals surface area contributed by atoms with E-state index in [-0.39, 0.29) is 0 Å². The molecule has 2 aromatic carbocycles. The molecule has 200 valence electrons. The van der Waals surface area contributed by atoms with Crippen molar-refractivity contribution in [3.63, 3.8) is 0 Å².